The summed E-state index contributed by atoms with van der Waals surface area (Å²) in [6.07, 6.45) is 8.59. The van der Waals surface area contributed by atoms with E-state index in [4.69, 9.17) is 0 Å². The highest BCUT2D eigenvalue weighted by Crippen LogP contribution is 2.08. The van der Waals surface area contributed by atoms with Gasteiger partial charge in [0.25, 0.3) is 0 Å². The van der Waals surface area contributed by atoms with Gasteiger partial charge in [0.1, 0.15) is 0 Å². The minimum absolute atomic E-state index is 0.496. The molecule has 0 spiro atoms. The van der Waals surface area contributed by atoms with Crippen LogP contribution in [0.25, 0.3) is 0 Å². The highest BCUT2D eigenvalue weighted by Gasteiger charge is 2.03. The van der Waals surface area contributed by atoms with Crippen molar-refractivity contribution in [3.63, 3.8) is 0 Å². The summed E-state index contributed by atoms with van der Waals surface area (Å²) in [4.78, 5) is 4.19. The first-order valence-corrected chi connectivity index (χ1v) is 7.35. The van der Waals surface area contributed by atoms with Crippen LogP contribution < -0.4 is 5.32 Å². The molecule has 0 aliphatic heterocycles. The second-order valence-corrected chi connectivity index (χ2v) is 5.25. The van der Waals surface area contributed by atoms with Crippen molar-refractivity contribution in [2.45, 2.75) is 39.3 Å². The molecule has 0 bridgehead atoms. The van der Waals surface area contributed by atoms with Gasteiger partial charge in [0.05, 0.1) is 12.0 Å². The largest absolute Gasteiger partial charge is 0.331 e. The summed E-state index contributed by atoms with van der Waals surface area (Å²) in [5, 5.41) is 3.47. The summed E-state index contributed by atoms with van der Waals surface area (Å²) >= 11 is 1.92. The topological polar surface area (TPSA) is 29.9 Å². The van der Waals surface area contributed by atoms with Crippen LogP contribution in [0.2, 0.25) is 0 Å². The van der Waals surface area contributed by atoms with Crippen molar-refractivity contribution < 1.29 is 0 Å². The van der Waals surface area contributed by atoms with E-state index in [1.165, 1.54) is 24.3 Å². The molecule has 1 aromatic heterocycles. The van der Waals surface area contributed by atoms with Crippen molar-refractivity contribution in [1.82, 2.24) is 14.9 Å². The van der Waals surface area contributed by atoms with Gasteiger partial charge in [-0.3, -0.25) is 0 Å². The van der Waals surface area contributed by atoms with Crippen LogP contribution >= 0.6 is 11.8 Å². The highest BCUT2D eigenvalue weighted by atomic mass is 32.2. The number of unbranched alkanes of at least 4 members (excludes halogenated alkanes) is 1. The van der Waals surface area contributed by atoms with E-state index in [2.05, 4.69) is 35.0 Å². The SMILES string of the molecule is CSCCCCNCc1cncn1C(C)C. The Labute approximate surface area is 103 Å². The highest BCUT2D eigenvalue weighted by molar-refractivity contribution is 7.98. The average Bonchev–Trinajstić information content (AvgIpc) is 2.71. The number of imidazole rings is 1. The Morgan fingerprint density at radius 2 is 2.25 bits per heavy atom. The van der Waals surface area contributed by atoms with Gasteiger partial charge in [0, 0.05) is 18.8 Å². The molecule has 0 aliphatic carbocycles. The molecule has 1 N–H and O–H groups in total. The quantitative estimate of drug-likeness (QED) is 0.710. The first-order chi connectivity index (χ1) is 7.75. The van der Waals surface area contributed by atoms with Gasteiger partial charge in [-0.25, -0.2) is 4.98 Å². The van der Waals surface area contributed by atoms with Gasteiger partial charge in [0.2, 0.25) is 0 Å². The van der Waals surface area contributed by atoms with Gasteiger partial charge in [-0.1, -0.05) is 0 Å². The number of nitrogens with zero attached hydrogens (tertiary/aromatic N) is 2. The molecule has 1 aromatic rings. The molecule has 3 nitrogen and oxygen atoms in total. The zero-order valence-corrected chi connectivity index (χ0v) is 11.4. The van der Waals surface area contributed by atoms with E-state index in [-0.39, 0.29) is 0 Å². The molecule has 16 heavy (non-hydrogen) atoms. The first-order valence-electron chi connectivity index (χ1n) is 5.96. The number of rotatable bonds is 8. The zero-order valence-electron chi connectivity index (χ0n) is 10.6. The molecular formula is C12H23N3S. The van der Waals surface area contributed by atoms with Crippen LogP contribution in [-0.4, -0.2) is 28.1 Å². The fraction of sp³-hybridized carbons (Fsp3) is 0.750. The lowest BCUT2D eigenvalue weighted by Gasteiger charge is -2.12. The Morgan fingerprint density at radius 1 is 1.44 bits per heavy atom. The Bertz CT molecular complexity index is 284. The lowest BCUT2D eigenvalue weighted by Crippen LogP contribution is -2.18. The summed E-state index contributed by atoms with van der Waals surface area (Å²) in [6.45, 7) is 6.40. The van der Waals surface area contributed by atoms with E-state index in [9.17, 15) is 0 Å². The third-order valence-corrected chi connectivity index (χ3v) is 3.26. The molecule has 0 amide bonds. The molecule has 0 saturated heterocycles. The standard InChI is InChI=1S/C12H23N3S/c1-11(2)15-10-14-9-12(15)8-13-6-4-5-7-16-3/h9-11,13H,4-8H2,1-3H3. The molecule has 0 fully saturated rings. The van der Waals surface area contributed by atoms with Crippen LogP contribution in [0.15, 0.2) is 12.5 Å². The monoisotopic (exact) mass is 241 g/mol. The zero-order chi connectivity index (χ0) is 11.8. The van der Waals surface area contributed by atoms with Gasteiger partial charge < -0.3 is 9.88 Å². The van der Waals surface area contributed by atoms with Gasteiger partial charge in [-0.15, -0.1) is 0 Å². The van der Waals surface area contributed by atoms with Crippen LogP contribution in [0.5, 0.6) is 0 Å². The number of nitrogens with one attached hydrogen (secondary N) is 1. The average molecular weight is 241 g/mol. The fourth-order valence-electron chi connectivity index (χ4n) is 1.65. The second kappa shape index (κ2) is 7.74. The van der Waals surface area contributed by atoms with Crippen LogP contribution in [0, 0.1) is 0 Å². The van der Waals surface area contributed by atoms with E-state index < -0.39 is 0 Å². The number of thioether (sulfide) groups is 1. The van der Waals surface area contributed by atoms with E-state index in [0.717, 1.165) is 13.1 Å². The van der Waals surface area contributed by atoms with Crippen molar-refractivity contribution in [2.75, 3.05) is 18.6 Å². The second-order valence-electron chi connectivity index (χ2n) is 4.26. The van der Waals surface area contributed by atoms with Crippen molar-refractivity contribution in [3.8, 4) is 0 Å². The van der Waals surface area contributed by atoms with Crippen LogP contribution in [0.1, 0.15) is 38.4 Å². The normalized spacial score (nSPS) is 11.2. The lowest BCUT2D eigenvalue weighted by atomic mass is 10.3. The molecule has 92 valence electrons. The van der Waals surface area contributed by atoms with Gasteiger partial charge in [-0.05, 0) is 45.2 Å². The van der Waals surface area contributed by atoms with Crippen molar-refractivity contribution in [3.05, 3.63) is 18.2 Å². The number of aromatic nitrogens is 2. The smallest absolute Gasteiger partial charge is 0.0951 e. The predicted octanol–water partition coefficient (Wildman–Crippen LogP) is 2.70. The molecule has 1 rings (SSSR count). The Morgan fingerprint density at radius 3 is 2.94 bits per heavy atom. The lowest BCUT2D eigenvalue weighted by molar-refractivity contribution is 0.546. The molecule has 0 aliphatic rings. The maximum atomic E-state index is 4.19. The molecule has 0 aromatic carbocycles. The van der Waals surface area contributed by atoms with Crippen molar-refractivity contribution in [1.29, 1.82) is 0 Å². The maximum absolute atomic E-state index is 4.19. The Hall–Kier alpha value is -0.480. The van der Waals surface area contributed by atoms with Crippen LogP contribution in [0.3, 0.4) is 0 Å². The van der Waals surface area contributed by atoms with Crippen molar-refractivity contribution >= 4 is 11.8 Å². The van der Waals surface area contributed by atoms with E-state index in [1.54, 1.807) is 0 Å². The molecular weight excluding hydrogens is 218 g/mol. The minimum Gasteiger partial charge on any atom is -0.331 e. The first kappa shape index (κ1) is 13.6. The predicted molar refractivity (Wildman–Crippen MR) is 71.9 cm³/mol. The molecule has 0 radical (unpaired) electrons. The number of hydrogen-bond donors (Lipinski definition) is 1. The Balaban J connectivity index is 2.19. The fourth-order valence-corrected chi connectivity index (χ4v) is 2.14. The third-order valence-electron chi connectivity index (χ3n) is 2.56. The van der Waals surface area contributed by atoms with Gasteiger partial charge in [0.15, 0.2) is 0 Å². The van der Waals surface area contributed by atoms with E-state index in [1.807, 2.05) is 24.3 Å². The van der Waals surface area contributed by atoms with Crippen LogP contribution in [0.4, 0.5) is 0 Å². The van der Waals surface area contributed by atoms with Crippen LogP contribution in [-0.2, 0) is 6.54 Å². The van der Waals surface area contributed by atoms with Crippen molar-refractivity contribution in [2.24, 2.45) is 0 Å². The summed E-state index contributed by atoms with van der Waals surface area (Å²) < 4.78 is 2.22. The third kappa shape index (κ3) is 4.58. The molecule has 4 heteroatoms. The minimum atomic E-state index is 0.496. The summed E-state index contributed by atoms with van der Waals surface area (Å²) in [6, 6.07) is 0.496. The number of hydrogen-bond acceptors (Lipinski definition) is 3. The van der Waals surface area contributed by atoms with E-state index in [0.29, 0.717) is 6.04 Å². The summed E-state index contributed by atoms with van der Waals surface area (Å²) in [5.41, 5.74) is 1.28. The Kier molecular flexibility index (Phi) is 6.57. The maximum Gasteiger partial charge on any atom is 0.0951 e. The molecule has 1 heterocycles. The summed E-state index contributed by atoms with van der Waals surface area (Å²) in [7, 11) is 0. The molecule has 0 saturated carbocycles. The van der Waals surface area contributed by atoms with Gasteiger partial charge in [-0.2, -0.15) is 11.8 Å². The van der Waals surface area contributed by atoms with Gasteiger partial charge >= 0.3 is 0 Å². The molecule has 0 atom stereocenters. The summed E-state index contributed by atoms with van der Waals surface area (Å²) in [5.74, 6) is 1.27. The van der Waals surface area contributed by atoms with E-state index >= 15 is 0 Å². The molecule has 0 unspecified atom stereocenters.